The van der Waals surface area contributed by atoms with Gasteiger partial charge in [-0.25, -0.2) is 8.42 Å². The number of amides is 1. The zero-order valence-corrected chi connectivity index (χ0v) is 18.8. The first-order chi connectivity index (χ1) is 14.1. The van der Waals surface area contributed by atoms with Crippen molar-refractivity contribution in [2.24, 2.45) is 0 Å². The van der Waals surface area contributed by atoms with Crippen LogP contribution in [-0.4, -0.2) is 37.8 Å². The number of hydrogen-bond acceptors (Lipinski definition) is 4. The molecule has 0 aliphatic rings. The first-order valence-electron chi connectivity index (χ1n) is 9.79. The van der Waals surface area contributed by atoms with Crippen LogP contribution in [0.2, 0.25) is 0 Å². The first kappa shape index (κ1) is 23.6. The maximum Gasteiger partial charge on any atom is 0.251 e. The van der Waals surface area contributed by atoms with E-state index < -0.39 is 10.0 Å². The van der Waals surface area contributed by atoms with Crippen LogP contribution in [0.5, 0.6) is 5.75 Å². The summed E-state index contributed by atoms with van der Waals surface area (Å²) in [6.45, 7) is 9.97. The Morgan fingerprint density at radius 2 is 1.73 bits per heavy atom. The number of carbonyl (C=O) groups excluding carboxylic acids is 1. The van der Waals surface area contributed by atoms with Gasteiger partial charge in [0.1, 0.15) is 5.75 Å². The van der Waals surface area contributed by atoms with Crippen LogP contribution in [0, 0.1) is 0 Å². The van der Waals surface area contributed by atoms with Gasteiger partial charge in [-0.05, 0) is 62.2 Å². The molecule has 0 spiro atoms. The summed E-state index contributed by atoms with van der Waals surface area (Å²) in [7, 11) is -2.18. The molecule has 0 bridgehead atoms. The Hall–Kier alpha value is -2.64. The summed E-state index contributed by atoms with van der Waals surface area (Å²) in [6, 6.07) is 13.2. The van der Waals surface area contributed by atoms with Gasteiger partial charge in [-0.1, -0.05) is 25.1 Å². The molecule has 0 fully saturated rings. The van der Waals surface area contributed by atoms with Gasteiger partial charge in [0, 0.05) is 24.2 Å². The van der Waals surface area contributed by atoms with Crippen LogP contribution in [0.3, 0.4) is 0 Å². The summed E-state index contributed by atoms with van der Waals surface area (Å²) in [5, 5.41) is 2.99. The van der Waals surface area contributed by atoms with E-state index in [9.17, 15) is 13.2 Å². The van der Waals surface area contributed by atoms with Gasteiger partial charge < -0.3 is 10.1 Å². The molecule has 0 heterocycles. The minimum Gasteiger partial charge on any atom is -0.497 e. The van der Waals surface area contributed by atoms with Gasteiger partial charge in [-0.15, -0.1) is 6.58 Å². The Bertz CT molecular complexity index is 965. The highest BCUT2D eigenvalue weighted by Crippen LogP contribution is 2.21. The van der Waals surface area contributed by atoms with Crippen molar-refractivity contribution in [3.05, 3.63) is 72.3 Å². The summed E-state index contributed by atoms with van der Waals surface area (Å²) < 4.78 is 32.6. The quantitative estimate of drug-likeness (QED) is 0.578. The van der Waals surface area contributed by atoms with Crippen molar-refractivity contribution >= 4 is 15.9 Å². The summed E-state index contributed by atoms with van der Waals surface area (Å²) in [6.07, 6.45) is 2.37. The molecule has 7 heteroatoms. The monoisotopic (exact) mass is 430 g/mol. The Kier molecular flexibility index (Phi) is 7.81. The van der Waals surface area contributed by atoms with E-state index in [1.807, 2.05) is 20.8 Å². The molecule has 0 saturated carbocycles. The largest absolute Gasteiger partial charge is 0.497 e. The van der Waals surface area contributed by atoms with Crippen LogP contribution in [0.1, 0.15) is 43.1 Å². The Morgan fingerprint density at radius 3 is 2.23 bits per heavy atom. The van der Waals surface area contributed by atoms with E-state index >= 15 is 0 Å². The normalized spacial score (nSPS) is 11.9. The van der Waals surface area contributed by atoms with E-state index in [4.69, 9.17) is 4.74 Å². The van der Waals surface area contributed by atoms with Crippen LogP contribution in [0.4, 0.5) is 0 Å². The fourth-order valence-corrected chi connectivity index (χ4v) is 4.12. The van der Waals surface area contributed by atoms with Crippen LogP contribution in [0.25, 0.3) is 0 Å². The number of carbonyl (C=O) groups is 1. The molecular formula is C23H30N2O4S. The van der Waals surface area contributed by atoms with Crippen LogP contribution in [-0.2, 0) is 16.6 Å². The minimum atomic E-state index is -3.71. The highest BCUT2D eigenvalue weighted by atomic mass is 32.2. The molecule has 1 N–H and O–H groups in total. The van der Waals surface area contributed by atoms with Gasteiger partial charge in [0.15, 0.2) is 0 Å². The van der Waals surface area contributed by atoms with Crippen molar-refractivity contribution in [1.29, 1.82) is 0 Å². The van der Waals surface area contributed by atoms with E-state index in [0.29, 0.717) is 11.3 Å². The number of ether oxygens (including phenoxy) is 1. The Morgan fingerprint density at radius 1 is 1.13 bits per heavy atom. The second-order valence-electron chi connectivity index (χ2n) is 7.65. The number of hydrogen-bond donors (Lipinski definition) is 1. The van der Waals surface area contributed by atoms with Crippen LogP contribution < -0.4 is 10.1 Å². The van der Waals surface area contributed by atoms with E-state index in [-0.39, 0.29) is 29.4 Å². The molecule has 2 aromatic carbocycles. The lowest BCUT2D eigenvalue weighted by atomic mass is 10.0. The third kappa shape index (κ3) is 5.93. The highest BCUT2D eigenvalue weighted by Gasteiger charge is 2.24. The number of rotatable bonds is 10. The number of sulfonamides is 1. The molecule has 0 unspecified atom stereocenters. The molecule has 6 nitrogen and oxygen atoms in total. The van der Waals surface area contributed by atoms with Crippen molar-refractivity contribution in [3.63, 3.8) is 0 Å². The number of nitrogens with one attached hydrogen (secondary N) is 1. The van der Waals surface area contributed by atoms with Crippen LogP contribution >= 0.6 is 0 Å². The maximum absolute atomic E-state index is 13.1. The molecule has 0 atom stereocenters. The Balaban J connectivity index is 2.20. The van der Waals surface area contributed by atoms with Crippen LogP contribution in [0.15, 0.2) is 66.1 Å². The molecule has 1 amide bonds. The minimum absolute atomic E-state index is 0.151. The molecule has 0 radical (unpaired) electrons. The Labute approximate surface area is 179 Å². The molecule has 0 saturated heterocycles. The second-order valence-corrected chi connectivity index (χ2v) is 9.59. The zero-order chi connectivity index (χ0) is 22.4. The van der Waals surface area contributed by atoms with Crippen molar-refractivity contribution in [3.8, 4) is 5.75 Å². The fourth-order valence-electron chi connectivity index (χ4n) is 2.72. The zero-order valence-electron chi connectivity index (χ0n) is 18.0. The smallest absolute Gasteiger partial charge is 0.251 e. The lowest BCUT2D eigenvalue weighted by Gasteiger charge is -2.24. The lowest BCUT2D eigenvalue weighted by Crippen LogP contribution is -2.42. The predicted molar refractivity (Wildman–Crippen MR) is 119 cm³/mol. The predicted octanol–water partition coefficient (Wildman–Crippen LogP) is 3.99. The molecule has 0 aliphatic heterocycles. The maximum atomic E-state index is 13.1. The number of benzene rings is 2. The van der Waals surface area contributed by atoms with Gasteiger partial charge in [-0.3, -0.25) is 4.79 Å². The van der Waals surface area contributed by atoms with E-state index in [1.54, 1.807) is 42.5 Å². The van der Waals surface area contributed by atoms with Crippen molar-refractivity contribution < 1.29 is 17.9 Å². The topological polar surface area (TPSA) is 75.7 Å². The van der Waals surface area contributed by atoms with E-state index in [0.717, 1.165) is 12.0 Å². The fraction of sp³-hybridized carbons (Fsp3) is 0.348. The second kappa shape index (κ2) is 9.91. The summed E-state index contributed by atoms with van der Waals surface area (Å²) >= 11 is 0. The van der Waals surface area contributed by atoms with Gasteiger partial charge in [0.05, 0.1) is 12.0 Å². The number of methoxy groups -OCH3 is 1. The third-order valence-corrected chi connectivity index (χ3v) is 6.77. The van der Waals surface area contributed by atoms with E-state index in [1.165, 1.54) is 23.5 Å². The summed E-state index contributed by atoms with van der Waals surface area (Å²) in [4.78, 5) is 12.6. The van der Waals surface area contributed by atoms with Crippen molar-refractivity contribution in [1.82, 2.24) is 9.62 Å². The average molecular weight is 431 g/mol. The van der Waals surface area contributed by atoms with Crippen molar-refractivity contribution in [2.45, 2.75) is 44.2 Å². The van der Waals surface area contributed by atoms with Gasteiger partial charge in [0.25, 0.3) is 5.91 Å². The average Bonchev–Trinajstić information content (AvgIpc) is 2.73. The third-order valence-electron chi connectivity index (χ3n) is 4.94. The molecule has 0 aromatic heterocycles. The highest BCUT2D eigenvalue weighted by molar-refractivity contribution is 7.89. The molecule has 2 aromatic rings. The van der Waals surface area contributed by atoms with Crippen molar-refractivity contribution in [2.75, 3.05) is 13.7 Å². The summed E-state index contributed by atoms with van der Waals surface area (Å²) in [5.74, 6) is 0.437. The molecule has 30 heavy (non-hydrogen) atoms. The van der Waals surface area contributed by atoms with Gasteiger partial charge in [0.2, 0.25) is 10.0 Å². The molecule has 162 valence electrons. The first-order valence-corrected chi connectivity index (χ1v) is 11.2. The number of nitrogens with zero attached hydrogens (tertiary/aromatic N) is 1. The molecule has 2 rings (SSSR count). The SMILES string of the molecule is C=CCN(Cc1ccc(C(=O)NC(C)(C)CC)cc1)S(=O)(=O)c1ccc(OC)cc1. The summed E-state index contributed by atoms with van der Waals surface area (Å²) in [5.41, 5.74) is 1.02. The standard InChI is InChI=1S/C23H30N2O4S/c1-6-16-25(30(27,28)21-14-12-20(29-5)13-15-21)17-18-8-10-19(11-9-18)22(26)24-23(3,4)7-2/h6,8-15H,1,7,16-17H2,2-5H3,(H,24,26). The molecule has 0 aliphatic carbocycles. The van der Waals surface area contributed by atoms with Gasteiger partial charge >= 0.3 is 0 Å². The molecular weight excluding hydrogens is 400 g/mol. The van der Waals surface area contributed by atoms with Gasteiger partial charge in [-0.2, -0.15) is 4.31 Å². The van der Waals surface area contributed by atoms with E-state index in [2.05, 4.69) is 11.9 Å². The lowest BCUT2D eigenvalue weighted by molar-refractivity contribution is 0.0911.